The molecule has 0 spiro atoms. The van der Waals surface area contributed by atoms with Gasteiger partial charge in [-0.3, -0.25) is 4.79 Å². The number of hydrogen-bond acceptors (Lipinski definition) is 6. The van der Waals surface area contributed by atoms with Crippen LogP contribution in [0, 0.1) is 0 Å². The van der Waals surface area contributed by atoms with E-state index >= 15 is 0 Å². The van der Waals surface area contributed by atoms with E-state index in [0.717, 1.165) is 11.3 Å². The number of benzene rings is 2. The predicted molar refractivity (Wildman–Crippen MR) is 122 cm³/mol. The predicted octanol–water partition coefficient (Wildman–Crippen LogP) is 4.41. The van der Waals surface area contributed by atoms with Gasteiger partial charge in [-0.05, 0) is 42.2 Å². The molecule has 2 aromatic rings. The number of rotatable bonds is 8. The number of anilines is 1. The van der Waals surface area contributed by atoms with E-state index in [1.807, 2.05) is 46.8 Å². The molecule has 172 valence electrons. The van der Waals surface area contributed by atoms with Crippen molar-refractivity contribution < 1.29 is 29.7 Å². The Bertz CT molecular complexity index is 1020. The van der Waals surface area contributed by atoms with Crippen molar-refractivity contribution in [2.45, 2.75) is 46.5 Å². The van der Waals surface area contributed by atoms with Crippen molar-refractivity contribution in [2.75, 3.05) is 18.1 Å². The summed E-state index contributed by atoms with van der Waals surface area (Å²) in [5, 5.41) is 31.8. The average Bonchev–Trinajstić information content (AvgIpc) is 2.74. The highest BCUT2D eigenvalue weighted by molar-refractivity contribution is 6.02. The summed E-state index contributed by atoms with van der Waals surface area (Å²) >= 11 is 0. The summed E-state index contributed by atoms with van der Waals surface area (Å²) in [5.74, 6) is -1.41. The van der Waals surface area contributed by atoms with Crippen molar-refractivity contribution in [3.63, 3.8) is 0 Å². The molecule has 0 aliphatic heterocycles. The van der Waals surface area contributed by atoms with Gasteiger partial charge in [-0.15, -0.1) is 0 Å². The molecular weight excluding hydrogens is 412 g/mol. The summed E-state index contributed by atoms with van der Waals surface area (Å²) in [5.41, 5.74) is 2.07. The molecule has 0 unspecified atom stereocenters. The maximum absolute atomic E-state index is 12.4. The van der Waals surface area contributed by atoms with Gasteiger partial charge in [0, 0.05) is 30.3 Å². The smallest absolute Gasteiger partial charge is 0.339 e. The second-order valence-corrected chi connectivity index (χ2v) is 8.29. The molecule has 0 atom stereocenters. The van der Waals surface area contributed by atoms with E-state index < -0.39 is 11.7 Å². The normalized spacial score (nSPS) is 11.8. The third-order valence-corrected chi connectivity index (χ3v) is 5.04. The Morgan fingerprint density at radius 3 is 2.28 bits per heavy atom. The molecule has 0 saturated carbocycles. The fourth-order valence-corrected chi connectivity index (χ4v) is 3.33. The van der Waals surface area contributed by atoms with Crippen LogP contribution in [0.2, 0.25) is 0 Å². The van der Waals surface area contributed by atoms with Crippen molar-refractivity contribution in [3.05, 3.63) is 53.1 Å². The lowest BCUT2D eigenvalue weighted by molar-refractivity contribution is -0.118. The maximum atomic E-state index is 12.4. The van der Waals surface area contributed by atoms with E-state index in [0.29, 0.717) is 18.5 Å². The lowest BCUT2D eigenvalue weighted by Gasteiger charge is -2.30. The molecule has 32 heavy (non-hydrogen) atoms. The van der Waals surface area contributed by atoms with Crippen LogP contribution in [0.25, 0.3) is 0 Å². The lowest BCUT2D eigenvalue weighted by Crippen LogP contribution is -2.32. The first-order valence-corrected chi connectivity index (χ1v) is 10.4. The summed E-state index contributed by atoms with van der Waals surface area (Å²) in [6.45, 7) is 10.3. The zero-order valence-electron chi connectivity index (χ0n) is 19.0. The van der Waals surface area contributed by atoms with Gasteiger partial charge in [-0.25, -0.2) is 4.79 Å². The number of phenols is 1. The highest BCUT2D eigenvalue weighted by Gasteiger charge is 2.24. The number of ether oxygens (including phenoxy) is 1. The molecule has 3 N–H and O–H groups in total. The highest BCUT2D eigenvalue weighted by Crippen LogP contribution is 2.34. The minimum atomic E-state index is -1.25. The standard InChI is InChI=1S/C24H30N2O6/c1-6-22(28)26(7-2)20-11-8-15(12-18(20)24(3,4)5)19(25-31)14-32-16-9-10-17(23(29)30)21(27)13-16/h8-13,27,31H,6-7,14H2,1-5H3,(H,29,30). The number of aromatic hydroxyl groups is 1. The molecule has 2 rings (SSSR count). The number of carboxylic acid groups (broad SMARTS) is 1. The van der Waals surface area contributed by atoms with Crippen molar-refractivity contribution in [1.29, 1.82) is 0 Å². The van der Waals surface area contributed by atoms with Crippen LogP contribution < -0.4 is 9.64 Å². The largest absolute Gasteiger partial charge is 0.507 e. The van der Waals surface area contributed by atoms with Crippen LogP contribution in [-0.2, 0) is 10.2 Å². The Balaban J connectivity index is 2.35. The van der Waals surface area contributed by atoms with Gasteiger partial charge in [0.15, 0.2) is 0 Å². The Morgan fingerprint density at radius 2 is 1.78 bits per heavy atom. The van der Waals surface area contributed by atoms with Crippen molar-refractivity contribution in [2.24, 2.45) is 5.16 Å². The van der Waals surface area contributed by atoms with E-state index in [-0.39, 0.29) is 35.0 Å². The number of carbonyl (C=O) groups is 2. The number of nitrogens with zero attached hydrogens (tertiary/aromatic N) is 2. The summed E-state index contributed by atoms with van der Waals surface area (Å²) in [4.78, 5) is 25.2. The van der Waals surface area contributed by atoms with Crippen LogP contribution in [0.4, 0.5) is 5.69 Å². The van der Waals surface area contributed by atoms with Gasteiger partial charge in [-0.1, -0.05) is 38.9 Å². The van der Waals surface area contributed by atoms with Gasteiger partial charge in [0.25, 0.3) is 0 Å². The molecule has 0 aliphatic rings. The highest BCUT2D eigenvalue weighted by atomic mass is 16.5. The second kappa shape index (κ2) is 10.2. The van der Waals surface area contributed by atoms with Gasteiger partial charge in [0.1, 0.15) is 29.4 Å². The Kier molecular flexibility index (Phi) is 7.86. The molecule has 0 bridgehead atoms. The first-order valence-electron chi connectivity index (χ1n) is 10.4. The molecule has 8 heteroatoms. The van der Waals surface area contributed by atoms with Crippen LogP contribution in [0.15, 0.2) is 41.6 Å². The van der Waals surface area contributed by atoms with Crippen molar-refractivity contribution in [1.82, 2.24) is 0 Å². The monoisotopic (exact) mass is 442 g/mol. The van der Waals surface area contributed by atoms with Gasteiger partial charge >= 0.3 is 5.97 Å². The Labute approximate surface area is 187 Å². The number of amides is 1. The van der Waals surface area contributed by atoms with E-state index in [2.05, 4.69) is 5.16 Å². The fourth-order valence-electron chi connectivity index (χ4n) is 3.33. The molecule has 2 aromatic carbocycles. The second-order valence-electron chi connectivity index (χ2n) is 8.29. The van der Waals surface area contributed by atoms with Crippen LogP contribution >= 0.6 is 0 Å². The number of carboxylic acids is 1. The molecule has 0 radical (unpaired) electrons. The summed E-state index contributed by atoms with van der Waals surface area (Å²) in [7, 11) is 0. The molecular formula is C24H30N2O6. The third-order valence-electron chi connectivity index (χ3n) is 5.04. The third kappa shape index (κ3) is 5.57. The van der Waals surface area contributed by atoms with Crippen molar-refractivity contribution in [3.8, 4) is 11.5 Å². The number of aromatic carboxylic acids is 1. The zero-order valence-corrected chi connectivity index (χ0v) is 19.0. The molecule has 0 fully saturated rings. The maximum Gasteiger partial charge on any atom is 0.339 e. The van der Waals surface area contributed by atoms with Crippen LogP contribution in [0.1, 0.15) is 62.5 Å². The van der Waals surface area contributed by atoms with E-state index in [1.165, 1.54) is 18.2 Å². The zero-order chi connectivity index (χ0) is 24.1. The first-order chi connectivity index (χ1) is 15.0. The summed E-state index contributed by atoms with van der Waals surface area (Å²) < 4.78 is 5.60. The van der Waals surface area contributed by atoms with Gasteiger partial charge < -0.3 is 25.1 Å². The lowest BCUT2D eigenvalue weighted by atomic mass is 9.84. The van der Waals surface area contributed by atoms with Crippen LogP contribution in [-0.4, -0.2) is 46.2 Å². The Morgan fingerprint density at radius 1 is 1.09 bits per heavy atom. The molecule has 0 aliphatic carbocycles. The Hall–Kier alpha value is -3.55. The fraction of sp³-hybridized carbons (Fsp3) is 0.375. The average molecular weight is 443 g/mol. The van der Waals surface area contributed by atoms with E-state index in [9.17, 15) is 19.9 Å². The summed E-state index contributed by atoms with van der Waals surface area (Å²) in [6, 6.07) is 9.32. The number of hydrogen-bond donors (Lipinski definition) is 3. The minimum Gasteiger partial charge on any atom is -0.507 e. The van der Waals surface area contributed by atoms with Crippen LogP contribution in [0.3, 0.4) is 0 Å². The van der Waals surface area contributed by atoms with Crippen molar-refractivity contribution >= 4 is 23.3 Å². The minimum absolute atomic E-state index is 0.0229. The first kappa shape index (κ1) is 24.7. The van der Waals surface area contributed by atoms with Gasteiger partial charge in [-0.2, -0.15) is 0 Å². The topological polar surface area (TPSA) is 120 Å². The number of oxime groups is 1. The van der Waals surface area contributed by atoms with Gasteiger partial charge in [0.05, 0.1) is 0 Å². The molecule has 1 amide bonds. The van der Waals surface area contributed by atoms with Gasteiger partial charge in [0.2, 0.25) is 5.91 Å². The molecule has 8 nitrogen and oxygen atoms in total. The molecule has 0 saturated heterocycles. The molecule has 0 heterocycles. The van der Waals surface area contributed by atoms with E-state index in [4.69, 9.17) is 9.84 Å². The SMILES string of the molecule is CCC(=O)N(CC)c1ccc(C(COc2ccc(C(=O)O)c(O)c2)=NO)cc1C(C)(C)C. The summed E-state index contributed by atoms with van der Waals surface area (Å²) in [6.07, 6.45) is 0.393. The van der Waals surface area contributed by atoms with E-state index in [1.54, 1.807) is 11.0 Å². The molecule has 0 aromatic heterocycles. The quantitative estimate of drug-likeness (QED) is 0.316. The van der Waals surface area contributed by atoms with Crippen LogP contribution in [0.5, 0.6) is 11.5 Å². The number of carbonyl (C=O) groups excluding carboxylic acids is 1.